The van der Waals surface area contributed by atoms with Gasteiger partial charge in [-0.25, -0.2) is 8.78 Å². The Morgan fingerprint density at radius 2 is 1.93 bits per heavy atom. The van der Waals surface area contributed by atoms with Crippen LogP contribution in [0.25, 0.3) is 5.57 Å². The van der Waals surface area contributed by atoms with Gasteiger partial charge in [-0.3, -0.25) is 5.41 Å². The minimum atomic E-state index is -0.682. The molecule has 1 aromatic rings. The number of amidine groups is 1. The lowest BCUT2D eigenvalue weighted by molar-refractivity contribution is 0.474. The Kier molecular flexibility index (Phi) is 7.90. The third-order valence-electron chi connectivity index (χ3n) is 5.49. The maximum atomic E-state index is 14.9. The topological polar surface area (TPSA) is 39.1 Å². The number of benzene rings is 1. The standard InChI is InChI=1S/C25H33F2N3/c1-8-9-29-23-12-18(11-20(23)17(5)10-16(4)15(2)3)24-21(25(28)30(6)7)13-19(26)14-22(24)27/h10-11,13-14,20,23,28-29H,2,5,8-9,12H2,1,3-4,6-7H3/b16-10+,28-25?. The summed E-state index contributed by atoms with van der Waals surface area (Å²) < 4.78 is 28.9. The first-order valence-corrected chi connectivity index (χ1v) is 10.3. The molecular weight excluding hydrogens is 380 g/mol. The normalized spacial score (nSPS) is 18.9. The Labute approximate surface area is 179 Å². The van der Waals surface area contributed by atoms with Crippen LogP contribution in [-0.4, -0.2) is 37.4 Å². The van der Waals surface area contributed by atoms with E-state index < -0.39 is 11.6 Å². The summed E-state index contributed by atoms with van der Waals surface area (Å²) in [6.45, 7) is 15.1. The van der Waals surface area contributed by atoms with Crippen LogP contribution in [0.3, 0.4) is 0 Å². The summed E-state index contributed by atoms with van der Waals surface area (Å²) in [5.74, 6) is -1.27. The van der Waals surface area contributed by atoms with Crippen LogP contribution in [0.1, 0.15) is 44.7 Å². The maximum absolute atomic E-state index is 14.9. The fourth-order valence-electron chi connectivity index (χ4n) is 3.67. The van der Waals surface area contributed by atoms with Crippen LogP contribution in [0.5, 0.6) is 0 Å². The van der Waals surface area contributed by atoms with E-state index in [1.165, 1.54) is 6.07 Å². The predicted molar refractivity (Wildman–Crippen MR) is 123 cm³/mol. The Balaban J connectivity index is 2.54. The summed E-state index contributed by atoms with van der Waals surface area (Å²) in [6, 6.07) is 2.20. The number of nitrogens with zero attached hydrogens (tertiary/aromatic N) is 1. The van der Waals surface area contributed by atoms with Crippen molar-refractivity contribution in [3.63, 3.8) is 0 Å². The molecule has 0 heterocycles. The van der Waals surface area contributed by atoms with Crippen LogP contribution in [0.2, 0.25) is 0 Å². The van der Waals surface area contributed by atoms with Crippen molar-refractivity contribution in [3.8, 4) is 0 Å². The lowest BCUT2D eigenvalue weighted by Crippen LogP contribution is -2.34. The van der Waals surface area contributed by atoms with E-state index >= 15 is 0 Å². The highest BCUT2D eigenvalue weighted by atomic mass is 19.1. The van der Waals surface area contributed by atoms with Gasteiger partial charge in [0.1, 0.15) is 17.5 Å². The molecule has 0 saturated heterocycles. The molecule has 2 N–H and O–H groups in total. The van der Waals surface area contributed by atoms with E-state index in [4.69, 9.17) is 5.41 Å². The molecule has 0 fully saturated rings. The molecule has 2 unspecified atom stereocenters. The second-order valence-electron chi connectivity index (χ2n) is 8.22. The first kappa shape index (κ1) is 23.7. The minimum absolute atomic E-state index is 0.0216. The molecule has 2 atom stereocenters. The van der Waals surface area contributed by atoms with Gasteiger partial charge in [0.2, 0.25) is 0 Å². The highest BCUT2D eigenvalue weighted by molar-refractivity contribution is 6.01. The van der Waals surface area contributed by atoms with Crippen LogP contribution >= 0.6 is 0 Å². The van der Waals surface area contributed by atoms with Crippen LogP contribution in [-0.2, 0) is 0 Å². The molecule has 0 radical (unpaired) electrons. The van der Waals surface area contributed by atoms with Crippen molar-refractivity contribution >= 4 is 11.4 Å². The zero-order valence-corrected chi connectivity index (χ0v) is 18.7. The second-order valence-corrected chi connectivity index (χ2v) is 8.22. The first-order valence-electron chi connectivity index (χ1n) is 10.3. The number of allylic oxidation sites excluding steroid dienone is 3. The van der Waals surface area contributed by atoms with Gasteiger partial charge in [0.25, 0.3) is 0 Å². The maximum Gasteiger partial charge on any atom is 0.134 e. The number of rotatable bonds is 8. The van der Waals surface area contributed by atoms with Gasteiger partial charge in [0.15, 0.2) is 0 Å². The van der Waals surface area contributed by atoms with Crippen molar-refractivity contribution < 1.29 is 8.78 Å². The zero-order valence-electron chi connectivity index (χ0n) is 18.7. The van der Waals surface area contributed by atoms with Crippen molar-refractivity contribution in [2.45, 2.75) is 39.7 Å². The van der Waals surface area contributed by atoms with E-state index in [-0.39, 0.29) is 23.4 Å². The first-order chi connectivity index (χ1) is 14.1. The molecule has 1 aliphatic carbocycles. The molecule has 0 aliphatic heterocycles. The van der Waals surface area contributed by atoms with Gasteiger partial charge in [-0.15, -0.1) is 0 Å². The quantitative estimate of drug-likeness (QED) is 0.326. The molecule has 3 nitrogen and oxygen atoms in total. The molecule has 0 saturated carbocycles. The van der Waals surface area contributed by atoms with Gasteiger partial charge in [-0.05, 0) is 56.0 Å². The lowest BCUT2D eigenvalue weighted by atomic mass is 9.93. The Hall–Kier alpha value is -2.53. The highest BCUT2D eigenvalue weighted by Gasteiger charge is 2.32. The van der Waals surface area contributed by atoms with Crippen molar-refractivity contribution in [1.29, 1.82) is 5.41 Å². The summed E-state index contributed by atoms with van der Waals surface area (Å²) >= 11 is 0. The zero-order chi connectivity index (χ0) is 22.6. The summed E-state index contributed by atoms with van der Waals surface area (Å²) in [5, 5.41) is 11.9. The van der Waals surface area contributed by atoms with E-state index in [1.807, 2.05) is 26.0 Å². The molecular formula is C25H33F2N3. The molecule has 0 spiro atoms. The predicted octanol–water partition coefficient (Wildman–Crippen LogP) is 5.70. The molecule has 1 aliphatic rings. The number of halogens is 2. The fraction of sp³-hybridized carbons (Fsp3) is 0.400. The largest absolute Gasteiger partial charge is 0.363 e. The lowest BCUT2D eigenvalue weighted by Gasteiger charge is -2.22. The van der Waals surface area contributed by atoms with Gasteiger partial charge in [-0.1, -0.05) is 37.8 Å². The van der Waals surface area contributed by atoms with Crippen molar-refractivity contribution in [1.82, 2.24) is 10.2 Å². The van der Waals surface area contributed by atoms with Gasteiger partial charge >= 0.3 is 0 Å². The summed E-state index contributed by atoms with van der Waals surface area (Å²) in [5.41, 5.74) is 4.29. The van der Waals surface area contributed by atoms with E-state index in [1.54, 1.807) is 19.0 Å². The highest BCUT2D eigenvalue weighted by Crippen LogP contribution is 2.39. The van der Waals surface area contributed by atoms with Gasteiger partial charge < -0.3 is 10.2 Å². The minimum Gasteiger partial charge on any atom is -0.363 e. The number of nitrogens with one attached hydrogen (secondary N) is 2. The smallest absolute Gasteiger partial charge is 0.134 e. The average molecular weight is 414 g/mol. The summed E-state index contributed by atoms with van der Waals surface area (Å²) in [4.78, 5) is 1.55. The summed E-state index contributed by atoms with van der Waals surface area (Å²) in [7, 11) is 3.39. The van der Waals surface area contributed by atoms with Crippen LogP contribution < -0.4 is 5.32 Å². The Bertz CT molecular complexity index is 909. The molecule has 1 aromatic carbocycles. The second kappa shape index (κ2) is 9.98. The fourth-order valence-corrected chi connectivity index (χ4v) is 3.67. The van der Waals surface area contributed by atoms with E-state index in [0.29, 0.717) is 12.0 Å². The molecule has 0 amide bonds. The van der Waals surface area contributed by atoms with Gasteiger partial charge in [0, 0.05) is 43.2 Å². The molecule has 0 bridgehead atoms. The van der Waals surface area contributed by atoms with Gasteiger partial charge in [-0.2, -0.15) is 0 Å². The van der Waals surface area contributed by atoms with E-state index in [0.717, 1.165) is 41.3 Å². The van der Waals surface area contributed by atoms with Crippen LogP contribution in [0, 0.1) is 23.0 Å². The van der Waals surface area contributed by atoms with Crippen molar-refractivity contribution in [2.75, 3.05) is 20.6 Å². The molecule has 0 aromatic heterocycles. The van der Waals surface area contributed by atoms with Crippen molar-refractivity contribution in [3.05, 3.63) is 76.9 Å². The average Bonchev–Trinajstić information content (AvgIpc) is 3.08. The third-order valence-corrected chi connectivity index (χ3v) is 5.49. The number of hydrogen-bond acceptors (Lipinski definition) is 2. The third kappa shape index (κ3) is 5.33. The SMILES string of the molecule is C=C(C)/C(C)=C/C(=C)C1C=C(c2c(F)cc(F)cc2C(=N)N(C)C)CC1NCCC. The van der Waals surface area contributed by atoms with Crippen LogP contribution in [0.4, 0.5) is 8.78 Å². The molecule has 162 valence electrons. The molecule has 30 heavy (non-hydrogen) atoms. The molecule has 2 rings (SSSR count). The monoisotopic (exact) mass is 413 g/mol. The van der Waals surface area contributed by atoms with Crippen LogP contribution in [0.15, 0.2) is 54.2 Å². The summed E-state index contributed by atoms with van der Waals surface area (Å²) in [6.07, 6.45) is 5.60. The number of hydrogen-bond donors (Lipinski definition) is 2. The van der Waals surface area contributed by atoms with E-state index in [9.17, 15) is 8.78 Å². The Morgan fingerprint density at radius 1 is 1.27 bits per heavy atom. The molecule has 5 heteroatoms. The van der Waals surface area contributed by atoms with Crippen molar-refractivity contribution in [2.24, 2.45) is 5.92 Å². The van der Waals surface area contributed by atoms with E-state index in [2.05, 4.69) is 25.4 Å². The van der Waals surface area contributed by atoms with Gasteiger partial charge in [0.05, 0.1) is 0 Å². The Morgan fingerprint density at radius 3 is 2.50 bits per heavy atom.